The molecule has 1 saturated heterocycles. The molecule has 0 radical (unpaired) electrons. The van der Waals surface area contributed by atoms with E-state index in [4.69, 9.17) is 5.26 Å². The molecular weight excluding hydrogens is 238 g/mol. The van der Waals surface area contributed by atoms with E-state index in [9.17, 15) is 5.11 Å². The van der Waals surface area contributed by atoms with Crippen molar-refractivity contribution in [2.24, 2.45) is 5.92 Å². The lowest BCUT2D eigenvalue weighted by atomic mass is 9.88. The van der Waals surface area contributed by atoms with Gasteiger partial charge in [0.1, 0.15) is 0 Å². The molecule has 2 heterocycles. The van der Waals surface area contributed by atoms with Crippen molar-refractivity contribution < 1.29 is 5.11 Å². The van der Waals surface area contributed by atoms with Gasteiger partial charge < -0.3 is 15.4 Å². The first-order chi connectivity index (χ1) is 9.29. The monoisotopic (exact) mass is 255 g/mol. The van der Waals surface area contributed by atoms with Crippen LogP contribution in [0.5, 0.6) is 0 Å². The number of rotatable bonds is 2. The number of aliphatic hydroxyl groups is 1. The second-order valence-corrected chi connectivity index (χ2v) is 5.15. The molecule has 98 valence electrons. The van der Waals surface area contributed by atoms with Crippen LogP contribution < -0.4 is 5.32 Å². The van der Waals surface area contributed by atoms with E-state index < -0.39 is 6.10 Å². The molecule has 1 unspecified atom stereocenters. The minimum Gasteiger partial charge on any atom is -0.388 e. The lowest BCUT2D eigenvalue weighted by Gasteiger charge is -2.27. The van der Waals surface area contributed by atoms with E-state index in [2.05, 4.69) is 16.4 Å². The predicted molar refractivity (Wildman–Crippen MR) is 73.6 cm³/mol. The summed E-state index contributed by atoms with van der Waals surface area (Å²) in [6, 6.07) is 7.68. The van der Waals surface area contributed by atoms with Crippen molar-refractivity contribution in [3.63, 3.8) is 0 Å². The predicted octanol–water partition coefficient (Wildman–Crippen LogP) is 2.07. The number of aliphatic hydroxyl groups excluding tert-OH is 1. The third-order valence-electron chi connectivity index (χ3n) is 3.99. The van der Waals surface area contributed by atoms with Crippen LogP contribution in [0.2, 0.25) is 0 Å². The highest BCUT2D eigenvalue weighted by Crippen LogP contribution is 2.33. The van der Waals surface area contributed by atoms with Crippen molar-refractivity contribution >= 4 is 10.9 Å². The van der Waals surface area contributed by atoms with E-state index >= 15 is 0 Å². The van der Waals surface area contributed by atoms with Gasteiger partial charge in [-0.2, -0.15) is 5.26 Å². The molecule has 0 bridgehead atoms. The summed E-state index contributed by atoms with van der Waals surface area (Å²) < 4.78 is 0. The van der Waals surface area contributed by atoms with Crippen LogP contribution >= 0.6 is 0 Å². The average molecular weight is 255 g/mol. The normalized spacial score (nSPS) is 18.3. The van der Waals surface area contributed by atoms with Crippen LogP contribution in [0.3, 0.4) is 0 Å². The Kier molecular flexibility index (Phi) is 3.24. The number of aromatic nitrogens is 1. The summed E-state index contributed by atoms with van der Waals surface area (Å²) in [6.07, 6.45) is 3.45. The van der Waals surface area contributed by atoms with Crippen molar-refractivity contribution in [3.05, 3.63) is 35.5 Å². The maximum absolute atomic E-state index is 10.5. The quantitative estimate of drug-likeness (QED) is 0.769. The zero-order chi connectivity index (χ0) is 13.2. The Balaban J connectivity index is 1.94. The summed E-state index contributed by atoms with van der Waals surface area (Å²) in [7, 11) is 0. The van der Waals surface area contributed by atoms with Gasteiger partial charge in [-0.15, -0.1) is 0 Å². The van der Waals surface area contributed by atoms with E-state index in [0.29, 0.717) is 11.5 Å². The lowest BCUT2D eigenvalue weighted by molar-refractivity contribution is 0.0902. The lowest BCUT2D eigenvalue weighted by Crippen LogP contribution is -2.30. The third kappa shape index (κ3) is 2.23. The molecule has 4 heteroatoms. The number of aromatic amines is 1. The molecule has 4 nitrogen and oxygen atoms in total. The van der Waals surface area contributed by atoms with Gasteiger partial charge in [-0.3, -0.25) is 0 Å². The maximum atomic E-state index is 10.5. The summed E-state index contributed by atoms with van der Waals surface area (Å²) in [4.78, 5) is 3.16. The largest absolute Gasteiger partial charge is 0.388 e. The van der Waals surface area contributed by atoms with Gasteiger partial charge >= 0.3 is 0 Å². The highest BCUT2D eigenvalue weighted by atomic mass is 16.3. The van der Waals surface area contributed by atoms with Gasteiger partial charge in [0.05, 0.1) is 17.7 Å². The molecule has 1 aliphatic heterocycles. The van der Waals surface area contributed by atoms with Gasteiger partial charge in [0, 0.05) is 22.7 Å². The van der Waals surface area contributed by atoms with Crippen LogP contribution in [0.15, 0.2) is 24.4 Å². The number of piperidine rings is 1. The van der Waals surface area contributed by atoms with Gasteiger partial charge in [-0.25, -0.2) is 0 Å². The smallest absolute Gasteiger partial charge is 0.0992 e. The molecule has 2 aromatic rings. The molecule has 0 spiro atoms. The second kappa shape index (κ2) is 5.04. The van der Waals surface area contributed by atoms with Crippen LogP contribution in [-0.2, 0) is 0 Å². The Hall–Kier alpha value is -1.83. The summed E-state index contributed by atoms with van der Waals surface area (Å²) in [5.74, 6) is 0.316. The number of H-pyrrole nitrogens is 1. The fourth-order valence-corrected chi connectivity index (χ4v) is 2.88. The topological polar surface area (TPSA) is 71.8 Å². The number of nitriles is 1. The van der Waals surface area contributed by atoms with E-state index in [1.807, 2.05) is 18.3 Å². The molecule has 19 heavy (non-hydrogen) atoms. The summed E-state index contributed by atoms with van der Waals surface area (Å²) in [5, 5.41) is 23.8. The van der Waals surface area contributed by atoms with Crippen molar-refractivity contribution in [3.8, 4) is 6.07 Å². The Morgan fingerprint density at radius 1 is 1.32 bits per heavy atom. The Labute approximate surface area is 112 Å². The van der Waals surface area contributed by atoms with Gasteiger partial charge in [0.15, 0.2) is 0 Å². The molecule has 3 rings (SSSR count). The number of hydrogen-bond acceptors (Lipinski definition) is 3. The Morgan fingerprint density at radius 2 is 2.11 bits per heavy atom. The first-order valence-electron chi connectivity index (χ1n) is 6.69. The van der Waals surface area contributed by atoms with Crippen LogP contribution in [0.25, 0.3) is 10.9 Å². The fourth-order valence-electron chi connectivity index (χ4n) is 2.88. The third-order valence-corrected chi connectivity index (χ3v) is 3.99. The molecule has 0 amide bonds. The molecular formula is C15H17N3O. The summed E-state index contributed by atoms with van der Waals surface area (Å²) in [6.45, 7) is 1.95. The number of hydrogen-bond donors (Lipinski definition) is 3. The first kappa shape index (κ1) is 12.2. The highest BCUT2D eigenvalue weighted by Gasteiger charge is 2.24. The van der Waals surface area contributed by atoms with Gasteiger partial charge in [-0.05, 0) is 44.0 Å². The van der Waals surface area contributed by atoms with E-state index in [1.54, 1.807) is 6.07 Å². The maximum Gasteiger partial charge on any atom is 0.0992 e. The molecule has 1 aromatic carbocycles. The number of nitrogens with one attached hydrogen (secondary N) is 2. The van der Waals surface area contributed by atoms with Gasteiger partial charge in [-0.1, -0.05) is 6.07 Å². The van der Waals surface area contributed by atoms with Crippen molar-refractivity contribution in [2.45, 2.75) is 18.9 Å². The molecule has 1 atom stereocenters. The summed E-state index contributed by atoms with van der Waals surface area (Å²) >= 11 is 0. The fraction of sp³-hybridized carbons (Fsp3) is 0.400. The number of fused-ring (bicyclic) bond motifs is 1. The zero-order valence-corrected chi connectivity index (χ0v) is 10.7. The minimum atomic E-state index is -0.427. The molecule has 1 aliphatic rings. The molecule has 0 aliphatic carbocycles. The Morgan fingerprint density at radius 3 is 2.84 bits per heavy atom. The van der Waals surface area contributed by atoms with E-state index in [0.717, 1.165) is 42.4 Å². The average Bonchev–Trinajstić information content (AvgIpc) is 2.90. The Bertz CT molecular complexity index is 620. The van der Waals surface area contributed by atoms with Crippen molar-refractivity contribution in [1.29, 1.82) is 5.26 Å². The number of nitrogens with zero attached hydrogens (tertiary/aromatic N) is 1. The van der Waals surface area contributed by atoms with Crippen molar-refractivity contribution in [1.82, 2.24) is 10.3 Å². The van der Waals surface area contributed by atoms with Gasteiger partial charge in [0.25, 0.3) is 0 Å². The van der Waals surface area contributed by atoms with Crippen LogP contribution in [-0.4, -0.2) is 23.2 Å². The van der Waals surface area contributed by atoms with E-state index in [-0.39, 0.29) is 0 Å². The number of benzene rings is 1. The minimum absolute atomic E-state index is 0.316. The van der Waals surface area contributed by atoms with Gasteiger partial charge in [0.2, 0.25) is 0 Å². The van der Waals surface area contributed by atoms with E-state index in [1.165, 1.54) is 0 Å². The SMILES string of the molecule is N#Cc1ccc2c(C(O)C3CCNCC3)c[nH]c2c1. The summed E-state index contributed by atoms with van der Waals surface area (Å²) in [5.41, 5.74) is 2.51. The first-order valence-corrected chi connectivity index (χ1v) is 6.69. The second-order valence-electron chi connectivity index (χ2n) is 5.15. The molecule has 1 fully saturated rings. The highest BCUT2D eigenvalue weighted by molar-refractivity contribution is 5.84. The molecule has 0 saturated carbocycles. The zero-order valence-electron chi connectivity index (χ0n) is 10.7. The van der Waals surface area contributed by atoms with Crippen LogP contribution in [0, 0.1) is 17.2 Å². The van der Waals surface area contributed by atoms with Crippen LogP contribution in [0.4, 0.5) is 0 Å². The van der Waals surface area contributed by atoms with Crippen molar-refractivity contribution in [2.75, 3.05) is 13.1 Å². The van der Waals surface area contributed by atoms with Crippen LogP contribution in [0.1, 0.15) is 30.1 Å². The molecule has 3 N–H and O–H groups in total. The standard InChI is InChI=1S/C15H17N3O/c16-8-10-1-2-12-13(9-18-14(12)7-10)15(19)11-3-5-17-6-4-11/h1-2,7,9,11,15,17-19H,3-6H2. The molecule has 1 aromatic heterocycles.